The Bertz CT molecular complexity index is 842. The van der Waals surface area contributed by atoms with E-state index < -0.39 is 10.0 Å². The maximum absolute atomic E-state index is 13.0. The quantitative estimate of drug-likeness (QED) is 0.794. The van der Waals surface area contributed by atoms with Crippen LogP contribution in [0.2, 0.25) is 0 Å². The van der Waals surface area contributed by atoms with Gasteiger partial charge in [0.1, 0.15) is 4.90 Å². The topological polar surface area (TPSA) is 72.4 Å². The van der Waals surface area contributed by atoms with Crippen LogP contribution >= 0.6 is 12.4 Å². The number of sulfonamides is 1. The molecule has 1 aliphatic heterocycles. The van der Waals surface area contributed by atoms with Crippen LogP contribution < -0.4 is 10.0 Å². The van der Waals surface area contributed by atoms with Crippen molar-refractivity contribution in [3.05, 3.63) is 30.0 Å². The van der Waals surface area contributed by atoms with Gasteiger partial charge >= 0.3 is 0 Å². The highest BCUT2D eigenvalue weighted by Gasteiger charge is 2.35. The van der Waals surface area contributed by atoms with Gasteiger partial charge in [-0.25, -0.2) is 13.1 Å². The molecule has 0 spiro atoms. The molecule has 1 aromatic carbocycles. The van der Waals surface area contributed by atoms with Gasteiger partial charge in [-0.3, -0.25) is 0 Å². The van der Waals surface area contributed by atoms with Gasteiger partial charge in [0.15, 0.2) is 0 Å². The lowest BCUT2D eigenvalue weighted by atomic mass is 9.99. The summed E-state index contributed by atoms with van der Waals surface area (Å²) < 4.78 is 36.0. The van der Waals surface area contributed by atoms with Crippen LogP contribution in [0.4, 0.5) is 0 Å². The van der Waals surface area contributed by atoms with E-state index in [1.54, 1.807) is 7.11 Å². The molecule has 1 saturated heterocycles. The Morgan fingerprint density at radius 1 is 1.36 bits per heavy atom. The summed E-state index contributed by atoms with van der Waals surface area (Å²) in [4.78, 5) is 0.367. The minimum absolute atomic E-state index is 0. The van der Waals surface area contributed by atoms with Crippen molar-refractivity contribution < 1.29 is 13.2 Å². The summed E-state index contributed by atoms with van der Waals surface area (Å²) in [6, 6.07) is 7.58. The van der Waals surface area contributed by atoms with Crippen LogP contribution in [-0.2, 0) is 21.8 Å². The standard InChI is InChI=1S/C17H25N3O3S.ClH/c1-13-16(14-7-4-5-8-15(14)20(13)2)24(21,22)19-11-17(12-23-3)9-6-10-18-17;/h4-5,7-8,18-19H,6,9-12H2,1-3H3;1H. The van der Waals surface area contributed by atoms with Crippen molar-refractivity contribution >= 4 is 33.3 Å². The molecule has 0 radical (unpaired) electrons. The van der Waals surface area contributed by atoms with Crippen molar-refractivity contribution in [3.63, 3.8) is 0 Å². The van der Waals surface area contributed by atoms with Crippen molar-refractivity contribution in [2.75, 3.05) is 26.8 Å². The zero-order valence-electron chi connectivity index (χ0n) is 14.8. The van der Waals surface area contributed by atoms with Gasteiger partial charge in [-0.2, -0.15) is 0 Å². The van der Waals surface area contributed by atoms with E-state index >= 15 is 0 Å². The smallest absolute Gasteiger partial charge is 0.243 e. The number of para-hydroxylation sites is 1. The van der Waals surface area contributed by atoms with Crippen LogP contribution in [-0.4, -0.2) is 45.3 Å². The summed E-state index contributed by atoms with van der Waals surface area (Å²) in [5, 5.41) is 4.15. The van der Waals surface area contributed by atoms with E-state index in [1.807, 2.05) is 42.8 Å². The highest BCUT2D eigenvalue weighted by Crippen LogP contribution is 2.29. The monoisotopic (exact) mass is 387 g/mol. The van der Waals surface area contributed by atoms with Crippen LogP contribution in [0.5, 0.6) is 0 Å². The minimum Gasteiger partial charge on any atom is -0.383 e. The molecule has 25 heavy (non-hydrogen) atoms. The average Bonchev–Trinajstić information content (AvgIpc) is 3.11. The molecule has 2 aromatic rings. The lowest BCUT2D eigenvalue weighted by molar-refractivity contribution is 0.122. The second kappa shape index (κ2) is 7.63. The fourth-order valence-corrected chi connectivity index (χ4v) is 5.20. The maximum atomic E-state index is 13.0. The third-order valence-electron chi connectivity index (χ3n) is 4.96. The molecule has 0 amide bonds. The molecule has 0 saturated carbocycles. The Balaban J connectivity index is 0.00000225. The third kappa shape index (κ3) is 3.71. The van der Waals surface area contributed by atoms with Crippen molar-refractivity contribution in [2.45, 2.75) is 30.2 Å². The van der Waals surface area contributed by atoms with Crippen LogP contribution in [0.25, 0.3) is 10.9 Å². The minimum atomic E-state index is -3.61. The predicted octanol–water partition coefficient (Wildman–Crippen LogP) is 1.96. The maximum Gasteiger partial charge on any atom is 0.243 e. The van der Waals surface area contributed by atoms with Crippen molar-refractivity contribution in [1.29, 1.82) is 0 Å². The predicted molar refractivity (Wildman–Crippen MR) is 102 cm³/mol. The average molecular weight is 388 g/mol. The van der Waals surface area contributed by atoms with Gasteiger partial charge in [-0.15, -0.1) is 12.4 Å². The molecule has 6 nitrogen and oxygen atoms in total. The van der Waals surface area contributed by atoms with Gasteiger partial charge in [0.2, 0.25) is 10.0 Å². The number of aryl methyl sites for hydroxylation is 1. The summed E-state index contributed by atoms with van der Waals surface area (Å²) in [5.41, 5.74) is 1.34. The zero-order valence-corrected chi connectivity index (χ0v) is 16.5. The lowest BCUT2D eigenvalue weighted by Gasteiger charge is -2.28. The van der Waals surface area contributed by atoms with Gasteiger partial charge in [0, 0.05) is 37.3 Å². The summed E-state index contributed by atoms with van der Waals surface area (Å²) in [6.07, 6.45) is 1.93. The Kier molecular flexibility index (Phi) is 6.17. The second-order valence-corrected chi connectivity index (χ2v) is 8.26. The number of nitrogens with one attached hydrogen (secondary N) is 2. The number of nitrogens with zero attached hydrogens (tertiary/aromatic N) is 1. The number of halogens is 1. The van der Waals surface area contributed by atoms with E-state index in [4.69, 9.17) is 4.74 Å². The number of hydrogen-bond acceptors (Lipinski definition) is 4. The van der Waals surface area contributed by atoms with Gasteiger partial charge in [-0.1, -0.05) is 18.2 Å². The molecular formula is C17H26ClN3O3S. The SMILES string of the molecule is COCC1(CNS(=O)(=O)c2c(C)n(C)c3ccccc23)CCCN1.Cl. The molecule has 8 heteroatoms. The molecule has 1 fully saturated rings. The van der Waals surface area contributed by atoms with Crippen LogP contribution in [0.15, 0.2) is 29.2 Å². The Morgan fingerprint density at radius 2 is 2.08 bits per heavy atom. The molecule has 1 atom stereocenters. The van der Waals surface area contributed by atoms with Crippen LogP contribution in [0, 0.1) is 6.92 Å². The number of fused-ring (bicyclic) bond motifs is 1. The first-order valence-electron chi connectivity index (χ1n) is 8.18. The zero-order chi connectivity index (χ0) is 17.4. The fraction of sp³-hybridized carbons (Fsp3) is 0.529. The Labute approximate surface area is 155 Å². The van der Waals surface area contributed by atoms with Crippen LogP contribution in [0.3, 0.4) is 0 Å². The highest BCUT2D eigenvalue weighted by molar-refractivity contribution is 7.89. The first-order chi connectivity index (χ1) is 11.4. The largest absolute Gasteiger partial charge is 0.383 e. The number of methoxy groups -OCH3 is 1. The fourth-order valence-electron chi connectivity index (χ4n) is 3.60. The first kappa shape index (κ1) is 20.2. The molecule has 2 heterocycles. The number of benzene rings is 1. The second-order valence-electron chi connectivity index (χ2n) is 6.56. The highest BCUT2D eigenvalue weighted by atomic mass is 35.5. The first-order valence-corrected chi connectivity index (χ1v) is 9.66. The van der Waals surface area contributed by atoms with E-state index in [0.717, 1.165) is 36.0 Å². The number of hydrogen-bond donors (Lipinski definition) is 2. The van der Waals surface area contributed by atoms with E-state index in [9.17, 15) is 8.42 Å². The van der Waals surface area contributed by atoms with Crippen molar-refractivity contribution in [1.82, 2.24) is 14.6 Å². The molecular weight excluding hydrogens is 362 g/mol. The molecule has 1 unspecified atom stereocenters. The van der Waals surface area contributed by atoms with Gasteiger partial charge in [-0.05, 0) is 32.4 Å². The lowest BCUT2D eigenvalue weighted by Crippen LogP contribution is -2.52. The molecule has 1 aliphatic rings. The van der Waals surface area contributed by atoms with Gasteiger partial charge < -0.3 is 14.6 Å². The van der Waals surface area contributed by atoms with Crippen molar-refractivity contribution in [2.24, 2.45) is 7.05 Å². The molecule has 3 rings (SSSR count). The third-order valence-corrected chi connectivity index (χ3v) is 6.54. The Hall–Kier alpha value is -1.12. The van der Waals surface area contributed by atoms with E-state index in [-0.39, 0.29) is 17.9 Å². The van der Waals surface area contributed by atoms with Gasteiger partial charge in [0.25, 0.3) is 0 Å². The molecule has 140 valence electrons. The molecule has 0 bridgehead atoms. The molecule has 1 aromatic heterocycles. The summed E-state index contributed by atoms with van der Waals surface area (Å²) in [7, 11) is -0.0726. The van der Waals surface area contributed by atoms with E-state index in [0.29, 0.717) is 18.0 Å². The number of rotatable bonds is 6. The normalized spacial score (nSPS) is 20.8. The summed E-state index contributed by atoms with van der Waals surface area (Å²) in [5.74, 6) is 0. The molecule has 0 aliphatic carbocycles. The summed E-state index contributed by atoms with van der Waals surface area (Å²) in [6.45, 7) is 3.54. The van der Waals surface area contributed by atoms with Crippen LogP contribution in [0.1, 0.15) is 18.5 Å². The Morgan fingerprint density at radius 3 is 2.72 bits per heavy atom. The summed E-state index contributed by atoms with van der Waals surface area (Å²) >= 11 is 0. The van der Waals surface area contributed by atoms with E-state index in [1.165, 1.54) is 0 Å². The number of aromatic nitrogens is 1. The van der Waals surface area contributed by atoms with Crippen molar-refractivity contribution in [3.8, 4) is 0 Å². The molecule has 2 N–H and O–H groups in total. The van der Waals surface area contributed by atoms with E-state index in [2.05, 4.69) is 10.0 Å². The van der Waals surface area contributed by atoms with Gasteiger partial charge in [0.05, 0.1) is 12.1 Å². The number of ether oxygens (including phenoxy) is 1.